The number of hydrogen-bond acceptors (Lipinski definition) is 4. The molecule has 1 aromatic heterocycles. The second-order valence-electron chi connectivity index (χ2n) is 4.63. The molecule has 1 aliphatic rings. The van der Waals surface area contributed by atoms with Crippen LogP contribution in [0, 0.1) is 11.8 Å². The number of amides is 2. The van der Waals surface area contributed by atoms with Crippen molar-refractivity contribution in [1.29, 1.82) is 0 Å². The molecular weight excluding hydrogens is 270 g/mol. The quantitative estimate of drug-likeness (QED) is 0.737. The molecule has 0 atom stereocenters. The Labute approximate surface area is 123 Å². The second kappa shape index (κ2) is 7.41. The maximum Gasteiger partial charge on any atom is 0.255 e. The van der Waals surface area contributed by atoms with Crippen LogP contribution in [-0.2, 0) is 4.79 Å². The predicted molar refractivity (Wildman–Crippen MR) is 76.3 cm³/mol. The van der Waals surface area contributed by atoms with Gasteiger partial charge in [-0.1, -0.05) is 11.8 Å². The van der Waals surface area contributed by atoms with Crippen LogP contribution in [0.25, 0.3) is 0 Å². The third-order valence-electron chi connectivity index (χ3n) is 3.05. The molecule has 0 bridgehead atoms. The van der Waals surface area contributed by atoms with Gasteiger partial charge in [-0.25, -0.2) is 0 Å². The Morgan fingerprint density at radius 1 is 1.43 bits per heavy atom. The first kappa shape index (κ1) is 15.0. The number of aromatic nitrogens is 1. The number of carbonyl (C=O) groups is 2. The Kier molecular flexibility index (Phi) is 5.29. The van der Waals surface area contributed by atoms with Gasteiger partial charge in [0.2, 0.25) is 5.91 Å². The highest BCUT2D eigenvalue weighted by molar-refractivity contribution is 5.94. The molecule has 1 aliphatic heterocycles. The topological polar surface area (TPSA) is 82.5 Å². The summed E-state index contributed by atoms with van der Waals surface area (Å²) < 4.78 is 0. The molecule has 2 heterocycles. The summed E-state index contributed by atoms with van der Waals surface area (Å²) in [5.74, 6) is 5.46. The van der Waals surface area contributed by atoms with Crippen molar-refractivity contribution in [1.82, 2.24) is 15.2 Å². The van der Waals surface area contributed by atoms with Gasteiger partial charge in [0.05, 0.1) is 12.2 Å². The number of hydrogen-bond donors (Lipinski definition) is 2. The molecular formula is C15H17N3O3. The lowest BCUT2D eigenvalue weighted by Crippen LogP contribution is -2.34. The zero-order valence-electron chi connectivity index (χ0n) is 11.6. The molecule has 6 nitrogen and oxygen atoms in total. The van der Waals surface area contributed by atoms with E-state index < -0.39 is 0 Å². The van der Waals surface area contributed by atoms with Crippen molar-refractivity contribution in [3.05, 3.63) is 29.6 Å². The molecule has 6 heteroatoms. The fourth-order valence-corrected chi connectivity index (χ4v) is 2.00. The molecule has 2 N–H and O–H groups in total. The summed E-state index contributed by atoms with van der Waals surface area (Å²) >= 11 is 0. The van der Waals surface area contributed by atoms with Crippen LogP contribution < -0.4 is 5.32 Å². The summed E-state index contributed by atoms with van der Waals surface area (Å²) in [6.07, 6.45) is 3.78. The minimum atomic E-state index is -0.148. The monoisotopic (exact) mass is 287 g/mol. The Morgan fingerprint density at radius 2 is 2.29 bits per heavy atom. The van der Waals surface area contributed by atoms with E-state index in [1.54, 1.807) is 17.2 Å². The third kappa shape index (κ3) is 4.29. The van der Waals surface area contributed by atoms with Crippen LogP contribution in [0.2, 0.25) is 0 Å². The molecule has 1 saturated heterocycles. The van der Waals surface area contributed by atoms with Crippen molar-refractivity contribution in [2.24, 2.45) is 0 Å². The first-order chi connectivity index (χ1) is 10.2. The van der Waals surface area contributed by atoms with Crippen LogP contribution in [-0.4, -0.2) is 53.0 Å². The largest absolute Gasteiger partial charge is 0.395 e. The zero-order valence-corrected chi connectivity index (χ0v) is 11.6. The van der Waals surface area contributed by atoms with Crippen LogP contribution in [0.5, 0.6) is 0 Å². The van der Waals surface area contributed by atoms with Gasteiger partial charge >= 0.3 is 0 Å². The van der Waals surface area contributed by atoms with Crippen molar-refractivity contribution >= 4 is 11.8 Å². The van der Waals surface area contributed by atoms with Crippen LogP contribution in [0.15, 0.2) is 18.5 Å². The van der Waals surface area contributed by atoms with E-state index in [0.717, 1.165) is 0 Å². The average Bonchev–Trinajstić information content (AvgIpc) is 2.72. The first-order valence-corrected chi connectivity index (χ1v) is 6.81. The molecule has 0 aromatic carbocycles. The van der Waals surface area contributed by atoms with E-state index in [-0.39, 0.29) is 18.4 Å². The van der Waals surface area contributed by atoms with E-state index in [4.69, 9.17) is 5.11 Å². The number of nitrogens with one attached hydrogen (secondary N) is 1. The van der Waals surface area contributed by atoms with Crippen molar-refractivity contribution < 1.29 is 14.7 Å². The van der Waals surface area contributed by atoms with Gasteiger partial charge < -0.3 is 15.3 Å². The zero-order chi connectivity index (χ0) is 15.1. The molecule has 21 heavy (non-hydrogen) atoms. The SMILES string of the molecule is O=C1CCN(C(=O)c2cncc(C#CCCO)c2)CCN1. The smallest absolute Gasteiger partial charge is 0.255 e. The highest BCUT2D eigenvalue weighted by atomic mass is 16.2. The van der Waals surface area contributed by atoms with Gasteiger partial charge in [-0.2, -0.15) is 0 Å². The number of pyridine rings is 1. The molecule has 110 valence electrons. The second-order valence-corrected chi connectivity index (χ2v) is 4.63. The number of aliphatic hydroxyl groups is 1. The van der Waals surface area contributed by atoms with E-state index in [1.165, 1.54) is 6.20 Å². The Morgan fingerprint density at radius 3 is 3.10 bits per heavy atom. The summed E-state index contributed by atoms with van der Waals surface area (Å²) in [6, 6.07) is 1.68. The van der Waals surface area contributed by atoms with E-state index in [1.807, 2.05) is 0 Å². The normalized spacial score (nSPS) is 14.7. The number of rotatable bonds is 2. The summed E-state index contributed by atoms with van der Waals surface area (Å²) in [6.45, 7) is 1.37. The Hall–Kier alpha value is -2.39. The standard InChI is InChI=1S/C15H17N3O3/c19-8-2-1-3-12-9-13(11-16-10-12)15(21)18-6-4-14(20)17-5-7-18/h9-11,19H,2,4-8H2,(H,17,20). The Balaban J connectivity index is 2.10. The predicted octanol–water partition coefficient (Wildman–Crippen LogP) is -0.222. The molecule has 0 aliphatic carbocycles. The lowest BCUT2D eigenvalue weighted by atomic mass is 10.2. The number of nitrogens with zero attached hydrogens (tertiary/aromatic N) is 2. The fraction of sp³-hybridized carbons (Fsp3) is 0.400. The first-order valence-electron chi connectivity index (χ1n) is 6.81. The lowest BCUT2D eigenvalue weighted by Gasteiger charge is -2.19. The molecule has 0 saturated carbocycles. The van der Waals surface area contributed by atoms with Crippen LogP contribution in [0.3, 0.4) is 0 Å². The molecule has 2 amide bonds. The van der Waals surface area contributed by atoms with Gasteiger partial charge in [-0.05, 0) is 6.07 Å². The van der Waals surface area contributed by atoms with Gasteiger partial charge in [-0.15, -0.1) is 0 Å². The van der Waals surface area contributed by atoms with Gasteiger partial charge in [0.15, 0.2) is 0 Å². The van der Waals surface area contributed by atoms with Crippen LogP contribution in [0.1, 0.15) is 28.8 Å². The van der Waals surface area contributed by atoms with Crippen LogP contribution in [0.4, 0.5) is 0 Å². The van der Waals surface area contributed by atoms with Crippen molar-refractivity contribution in [2.75, 3.05) is 26.2 Å². The molecule has 0 radical (unpaired) electrons. The summed E-state index contributed by atoms with van der Waals surface area (Å²) in [4.78, 5) is 29.3. The highest BCUT2D eigenvalue weighted by Gasteiger charge is 2.19. The van der Waals surface area contributed by atoms with Crippen LogP contribution >= 0.6 is 0 Å². The fourth-order valence-electron chi connectivity index (χ4n) is 2.00. The number of aliphatic hydroxyl groups excluding tert-OH is 1. The van der Waals surface area contributed by atoms with Crippen molar-refractivity contribution in [2.45, 2.75) is 12.8 Å². The van der Waals surface area contributed by atoms with Gasteiger partial charge in [0, 0.05) is 50.4 Å². The van der Waals surface area contributed by atoms with E-state index in [2.05, 4.69) is 22.1 Å². The third-order valence-corrected chi connectivity index (χ3v) is 3.05. The van der Waals surface area contributed by atoms with E-state index in [9.17, 15) is 9.59 Å². The Bertz CT molecular complexity index is 589. The minimum Gasteiger partial charge on any atom is -0.395 e. The van der Waals surface area contributed by atoms with E-state index in [0.29, 0.717) is 43.6 Å². The maximum atomic E-state index is 12.4. The van der Waals surface area contributed by atoms with Gasteiger partial charge in [0.1, 0.15) is 0 Å². The van der Waals surface area contributed by atoms with E-state index >= 15 is 0 Å². The summed E-state index contributed by atoms with van der Waals surface area (Å²) in [5.41, 5.74) is 1.10. The minimum absolute atomic E-state index is 0.00779. The lowest BCUT2D eigenvalue weighted by molar-refractivity contribution is -0.120. The average molecular weight is 287 g/mol. The summed E-state index contributed by atoms with van der Waals surface area (Å²) in [5, 5.41) is 11.4. The number of carbonyl (C=O) groups excluding carboxylic acids is 2. The van der Waals surface area contributed by atoms with Crippen molar-refractivity contribution in [3.63, 3.8) is 0 Å². The molecule has 0 spiro atoms. The summed E-state index contributed by atoms with van der Waals surface area (Å²) in [7, 11) is 0. The molecule has 0 unspecified atom stereocenters. The molecule has 1 aromatic rings. The molecule has 1 fully saturated rings. The molecule has 2 rings (SSSR count). The van der Waals surface area contributed by atoms with Gasteiger partial charge in [-0.3, -0.25) is 14.6 Å². The highest BCUT2D eigenvalue weighted by Crippen LogP contribution is 2.08. The van der Waals surface area contributed by atoms with Gasteiger partial charge in [0.25, 0.3) is 5.91 Å². The maximum absolute atomic E-state index is 12.4. The van der Waals surface area contributed by atoms with Crippen molar-refractivity contribution in [3.8, 4) is 11.8 Å².